The first kappa shape index (κ1) is 19.9. The first-order chi connectivity index (χ1) is 14.7. The van der Waals surface area contributed by atoms with E-state index in [1.54, 1.807) is 12.1 Å². The standard InChI is InChI=1S/C23H26N4O3/c1-2-29-19-10-12-20(13-11-19)30-16-22(28)24-18-8-6-7-17(15-18)23-26-25-21-9-4-3-5-14-27(21)23/h6-8,10-13,15H,2-5,9,14,16H2,1H3,(H,24,28). The molecule has 0 saturated carbocycles. The predicted octanol–water partition coefficient (Wildman–Crippen LogP) is 4.09. The maximum atomic E-state index is 12.3. The number of rotatable bonds is 7. The first-order valence-electron chi connectivity index (χ1n) is 10.4. The minimum atomic E-state index is -0.221. The third-order valence-corrected chi connectivity index (χ3v) is 5.02. The van der Waals surface area contributed by atoms with Gasteiger partial charge >= 0.3 is 0 Å². The van der Waals surface area contributed by atoms with E-state index in [9.17, 15) is 4.79 Å². The Morgan fingerprint density at radius 1 is 1.03 bits per heavy atom. The fourth-order valence-electron chi connectivity index (χ4n) is 3.58. The molecule has 0 saturated heterocycles. The Kier molecular flexibility index (Phi) is 6.27. The van der Waals surface area contributed by atoms with Crippen molar-refractivity contribution >= 4 is 11.6 Å². The Morgan fingerprint density at radius 3 is 2.63 bits per heavy atom. The molecule has 0 radical (unpaired) electrons. The Morgan fingerprint density at radius 2 is 1.83 bits per heavy atom. The van der Waals surface area contributed by atoms with Crippen molar-refractivity contribution in [3.63, 3.8) is 0 Å². The molecule has 7 nitrogen and oxygen atoms in total. The lowest BCUT2D eigenvalue weighted by atomic mass is 10.2. The van der Waals surface area contributed by atoms with Gasteiger partial charge < -0.3 is 19.4 Å². The molecule has 156 valence electrons. The van der Waals surface area contributed by atoms with E-state index in [-0.39, 0.29) is 12.5 Å². The van der Waals surface area contributed by atoms with Gasteiger partial charge in [-0.3, -0.25) is 4.79 Å². The lowest BCUT2D eigenvalue weighted by molar-refractivity contribution is -0.118. The van der Waals surface area contributed by atoms with Gasteiger partial charge in [0.1, 0.15) is 17.3 Å². The second-order valence-corrected chi connectivity index (χ2v) is 7.22. The quantitative estimate of drug-likeness (QED) is 0.639. The summed E-state index contributed by atoms with van der Waals surface area (Å²) in [7, 11) is 0. The van der Waals surface area contributed by atoms with Gasteiger partial charge in [0, 0.05) is 24.2 Å². The number of benzene rings is 2. The summed E-state index contributed by atoms with van der Waals surface area (Å²) in [5.74, 6) is 3.07. The summed E-state index contributed by atoms with van der Waals surface area (Å²) in [5.41, 5.74) is 1.65. The fourth-order valence-corrected chi connectivity index (χ4v) is 3.58. The maximum absolute atomic E-state index is 12.3. The summed E-state index contributed by atoms with van der Waals surface area (Å²) < 4.78 is 13.2. The number of nitrogens with one attached hydrogen (secondary N) is 1. The van der Waals surface area contributed by atoms with Crippen LogP contribution in [0.4, 0.5) is 5.69 Å². The molecule has 0 fully saturated rings. The minimum absolute atomic E-state index is 0.0709. The van der Waals surface area contributed by atoms with Gasteiger partial charge in [-0.05, 0) is 56.2 Å². The van der Waals surface area contributed by atoms with E-state index in [2.05, 4.69) is 20.1 Å². The number of hydrogen-bond donors (Lipinski definition) is 1. The van der Waals surface area contributed by atoms with E-state index in [0.717, 1.165) is 48.8 Å². The molecule has 0 aliphatic carbocycles. The Balaban J connectivity index is 1.38. The lowest BCUT2D eigenvalue weighted by Gasteiger charge is -2.10. The van der Waals surface area contributed by atoms with E-state index < -0.39 is 0 Å². The molecule has 1 N–H and O–H groups in total. The SMILES string of the molecule is CCOc1ccc(OCC(=O)Nc2cccc(-c3nnc4n3CCCCC4)c2)cc1. The summed E-state index contributed by atoms with van der Waals surface area (Å²) in [6.07, 6.45) is 4.47. The van der Waals surface area contributed by atoms with Crippen molar-refractivity contribution in [2.45, 2.75) is 39.2 Å². The summed E-state index contributed by atoms with van der Waals surface area (Å²) in [6, 6.07) is 14.9. The molecule has 0 atom stereocenters. The zero-order valence-corrected chi connectivity index (χ0v) is 17.1. The summed E-state index contributed by atoms with van der Waals surface area (Å²) in [4.78, 5) is 12.3. The van der Waals surface area contributed by atoms with Gasteiger partial charge in [-0.2, -0.15) is 0 Å². The van der Waals surface area contributed by atoms with Gasteiger partial charge in [0.15, 0.2) is 12.4 Å². The first-order valence-corrected chi connectivity index (χ1v) is 10.4. The van der Waals surface area contributed by atoms with Crippen LogP contribution in [0.5, 0.6) is 11.5 Å². The highest BCUT2D eigenvalue weighted by molar-refractivity contribution is 5.92. The van der Waals surface area contributed by atoms with Crippen molar-refractivity contribution in [2.75, 3.05) is 18.5 Å². The van der Waals surface area contributed by atoms with Gasteiger partial charge in [0.2, 0.25) is 0 Å². The van der Waals surface area contributed by atoms with Gasteiger partial charge in [-0.1, -0.05) is 18.6 Å². The third-order valence-electron chi connectivity index (χ3n) is 5.02. The highest BCUT2D eigenvalue weighted by Gasteiger charge is 2.16. The average Bonchev–Trinajstić information content (AvgIpc) is 3.02. The van der Waals surface area contributed by atoms with E-state index >= 15 is 0 Å². The molecule has 4 rings (SSSR count). The second-order valence-electron chi connectivity index (χ2n) is 7.22. The van der Waals surface area contributed by atoms with Gasteiger partial charge in [-0.15, -0.1) is 10.2 Å². The molecule has 0 bridgehead atoms. The average molecular weight is 406 g/mol. The number of aromatic nitrogens is 3. The molecule has 0 spiro atoms. The number of ether oxygens (including phenoxy) is 2. The van der Waals surface area contributed by atoms with E-state index in [0.29, 0.717) is 18.0 Å². The molecule has 1 amide bonds. The van der Waals surface area contributed by atoms with Crippen LogP contribution in [-0.2, 0) is 17.8 Å². The Hall–Kier alpha value is -3.35. The summed E-state index contributed by atoms with van der Waals surface area (Å²) in [6.45, 7) is 3.41. The summed E-state index contributed by atoms with van der Waals surface area (Å²) >= 11 is 0. The molecule has 7 heteroatoms. The number of carbonyl (C=O) groups excluding carboxylic acids is 1. The number of anilines is 1. The predicted molar refractivity (Wildman–Crippen MR) is 115 cm³/mol. The molecule has 1 aromatic heterocycles. The molecule has 1 aliphatic heterocycles. The topological polar surface area (TPSA) is 78.3 Å². The number of nitrogens with zero attached hydrogens (tertiary/aromatic N) is 3. The monoisotopic (exact) mass is 406 g/mol. The minimum Gasteiger partial charge on any atom is -0.494 e. The highest BCUT2D eigenvalue weighted by Crippen LogP contribution is 2.25. The van der Waals surface area contributed by atoms with Crippen LogP contribution in [0.1, 0.15) is 32.0 Å². The van der Waals surface area contributed by atoms with Crippen molar-refractivity contribution in [1.29, 1.82) is 0 Å². The van der Waals surface area contributed by atoms with Crippen LogP contribution in [0, 0.1) is 0 Å². The third kappa shape index (κ3) is 4.79. The molecule has 2 heterocycles. The zero-order chi connectivity index (χ0) is 20.8. The number of carbonyl (C=O) groups is 1. The largest absolute Gasteiger partial charge is 0.494 e. The number of amides is 1. The Bertz CT molecular complexity index is 998. The molecule has 1 aliphatic rings. The Labute approximate surface area is 176 Å². The lowest BCUT2D eigenvalue weighted by Crippen LogP contribution is -2.20. The number of aryl methyl sites for hydroxylation is 1. The smallest absolute Gasteiger partial charge is 0.262 e. The van der Waals surface area contributed by atoms with Crippen LogP contribution < -0.4 is 14.8 Å². The maximum Gasteiger partial charge on any atom is 0.262 e. The van der Waals surface area contributed by atoms with Crippen molar-refractivity contribution in [3.05, 3.63) is 54.4 Å². The molecule has 0 unspecified atom stereocenters. The van der Waals surface area contributed by atoms with E-state index in [1.807, 2.05) is 43.3 Å². The summed E-state index contributed by atoms with van der Waals surface area (Å²) in [5, 5.41) is 11.6. The van der Waals surface area contributed by atoms with E-state index in [1.165, 1.54) is 6.42 Å². The molecule has 3 aromatic rings. The van der Waals surface area contributed by atoms with Crippen molar-refractivity contribution in [1.82, 2.24) is 14.8 Å². The van der Waals surface area contributed by atoms with Crippen molar-refractivity contribution < 1.29 is 14.3 Å². The molecular weight excluding hydrogens is 380 g/mol. The van der Waals surface area contributed by atoms with Gasteiger partial charge in [0.25, 0.3) is 5.91 Å². The molecule has 30 heavy (non-hydrogen) atoms. The van der Waals surface area contributed by atoms with Crippen LogP contribution in [0.3, 0.4) is 0 Å². The van der Waals surface area contributed by atoms with Crippen LogP contribution >= 0.6 is 0 Å². The van der Waals surface area contributed by atoms with Gasteiger partial charge in [0.05, 0.1) is 6.61 Å². The van der Waals surface area contributed by atoms with Crippen LogP contribution in [0.25, 0.3) is 11.4 Å². The van der Waals surface area contributed by atoms with Gasteiger partial charge in [-0.25, -0.2) is 0 Å². The normalized spacial score (nSPS) is 13.2. The van der Waals surface area contributed by atoms with Crippen LogP contribution in [-0.4, -0.2) is 33.9 Å². The molecule has 2 aromatic carbocycles. The van der Waals surface area contributed by atoms with E-state index in [4.69, 9.17) is 9.47 Å². The fraction of sp³-hybridized carbons (Fsp3) is 0.348. The molecular formula is C23H26N4O3. The van der Waals surface area contributed by atoms with Crippen LogP contribution in [0.15, 0.2) is 48.5 Å². The highest BCUT2D eigenvalue weighted by atomic mass is 16.5. The number of fused-ring (bicyclic) bond motifs is 1. The second kappa shape index (κ2) is 9.43. The van der Waals surface area contributed by atoms with Crippen molar-refractivity contribution in [3.8, 4) is 22.9 Å². The van der Waals surface area contributed by atoms with Crippen molar-refractivity contribution in [2.24, 2.45) is 0 Å². The zero-order valence-electron chi connectivity index (χ0n) is 17.1. The number of hydrogen-bond acceptors (Lipinski definition) is 5. The van der Waals surface area contributed by atoms with Crippen LogP contribution in [0.2, 0.25) is 0 Å².